The zero-order valence-corrected chi connectivity index (χ0v) is 16.8. The Bertz CT molecular complexity index is 519. The van der Waals surface area contributed by atoms with Crippen LogP contribution in [0.5, 0.6) is 0 Å². The molecule has 1 heterocycles. The molecule has 1 aromatic rings. The predicted octanol–water partition coefficient (Wildman–Crippen LogP) is 5.93. The fraction of sp³-hybridized carbons (Fsp3) is 0.500. The molecule has 0 unspecified atom stereocenters. The summed E-state index contributed by atoms with van der Waals surface area (Å²) >= 11 is 4.17. The Balaban J connectivity index is 0.00000180. The minimum Gasteiger partial charge on any atom is -0.147 e. The molecule has 0 atom stereocenters. The zero-order valence-electron chi connectivity index (χ0n) is 12.7. The maximum atomic E-state index is 2.36. The first kappa shape index (κ1) is 20.5. The van der Waals surface area contributed by atoms with Crippen LogP contribution in [0.15, 0.2) is 33.0 Å². The first-order valence-corrected chi connectivity index (χ1v) is 8.11. The average Bonchev–Trinajstić information content (AvgIpc) is 2.83. The Morgan fingerprint density at radius 3 is 2.15 bits per heavy atom. The van der Waals surface area contributed by atoms with Crippen molar-refractivity contribution in [3.05, 3.63) is 43.5 Å². The van der Waals surface area contributed by atoms with Gasteiger partial charge in [-0.05, 0) is 0 Å². The second kappa shape index (κ2) is 7.16. The number of hydrogen-bond donors (Lipinski definition) is 0. The molecular weight excluding hydrogens is 343 g/mol. The van der Waals surface area contributed by atoms with Crippen LogP contribution < -0.4 is 0 Å². The standard InChI is InChI=1S/C16H21S.2ClH.Ti/c1-15(2,3)13-10-11-17-14(13)16(4,5)12-8-6-7-9-12;;;/h6,8,10-11H,7H2,1-5H3;2*1H;. The summed E-state index contributed by atoms with van der Waals surface area (Å²) in [7, 11) is 0. The summed E-state index contributed by atoms with van der Waals surface area (Å²) in [4.78, 5) is 1.52. The van der Waals surface area contributed by atoms with Gasteiger partial charge < -0.3 is 0 Å². The molecule has 0 saturated heterocycles. The normalized spacial score (nSPS) is 15.0. The Kier molecular flexibility index (Phi) is 7.33. The molecule has 1 aliphatic rings. The molecule has 0 fully saturated rings. The monoisotopic (exact) mass is 365 g/mol. The van der Waals surface area contributed by atoms with Crippen molar-refractivity contribution >= 4 is 36.2 Å². The Hall–Kier alpha value is 0.474. The molecule has 0 aromatic carbocycles. The number of rotatable bonds is 2. The van der Waals surface area contributed by atoms with Crippen LogP contribution in [0.1, 0.15) is 51.5 Å². The third-order valence-corrected chi connectivity index (χ3v) is 5.62. The molecule has 0 radical (unpaired) electrons. The number of hydrogen-bond acceptors (Lipinski definition) is 1. The smallest absolute Gasteiger partial charge is 0.147 e. The van der Waals surface area contributed by atoms with Gasteiger partial charge in [0.25, 0.3) is 0 Å². The van der Waals surface area contributed by atoms with Gasteiger partial charge in [-0.1, -0.05) is 0 Å². The first-order chi connectivity index (χ1) is 8.24. The SMILES string of the molecule is CC(C)(C)c1ccsc1C(C)(C)C1=[C]([Ti])CC=C1.Cl.Cl. The van der Waals surface area contributed by atoms with Crippen molar-refractivity contribution in [1.29, 1.82) is 0 Å². The van der Waals surface area contributed by atoms with Crippen LogP contribution in [-0.4, -0.2) is 0 Å². The molecule has 2 rings (SSSR count). The molecule has 111 valence electrons. The van der Waals surface area contributed by atoms with E-state index in [9.17, 15) is 0 Å². The quantitative estimate of drug-likeness (QED) is 0.570. The second-order valence-electron chi connectivity index (χ2n) is 6.54. The summed E-state index contributed by atoms with van der Waals surface area (Å²) in [6.07, 6.45) is 5.73. The van der Waals surface area contributed by atoms with Crippen molar-refractivity contribution < 1.29 is 20.4 Å². The van der Waals surface area contributed by atoms with E-state index in [0.29, 0.717) is 0 Å². The summed E-state index contributed by atoms with van der Waals surface area (Å²) in [6, 6.07) is 2.30. The van der Waals surface area contributed by atoms with Crippen molar-refractivity contribution in [2.75, 3.05) is 0 Å². The van der Waals surface area contributed by atoms with E-state index in [1.165, 1.54) is 19.9 Å². The van der Waals surface area contributed by atoms with E-state index in [4.69, 9.17) is 0 Å². The van der Waals surface area contributed by atoms with Crippen molar-refractivity contribution in [2.45, 2.75) is 51.9 Å². The molecule has 0 aliphatic heterocycles. The largest absolute Gasteiger partial charge is 0.147 e. The fourth-order valence-corrected chi connectivity index (χ4v) is 4.65. The maximum absolute atomic E-state index is 2.36. The van der Waals surface area contributed by atoms with Crippen molar-refractivity contribution in [2.24, 2.45) is 0 Å². The third kappa shape index (κ3) is 3.81. The van der Waals surface area contributed by atoms with Gasteiger partial charge in [0, 0.05) is 0 Å². The summed E-state index contributed by atoms with van der Waals surface area (Å²) in [6.45, 7) is 11.6. The van der Waals surface area contributed by atoms with Crippen LogP contribution in [-0.2, 0) is 31.3 Å². The zero-order chi connectivity index (χ0) is 13.6. The van der Waals surface area contributed by atoms with E-state index < -0.39 is 0 Å². The minimum absolute atomic E-state index is 0. The Morgan fingerprint density at radius 2 is 1.70 bits per heavy atom. The van der Waals surface area contributed by atoms with Crippen molar-refractivity contribution in [3.63, 3.8) is 0 Å². The van der Waals surface area contributed by atoms with Crippen LogP contribution in [0.3, 0.4) is 0 Å². The van der Waals surface area contributed by atoms with Gasteiger partial charge in [0.2, 0.25) is 0 Å². The molecule has 0 bridgehead atoms. The van der Waals surface area contributed by atoms with Gasteiger partial charge in [0.1, 0.15) is 0 Å². The first-order valence-electron chi connectivity index (χ1n) is 6.45. The van der Waals surface area contributed by atoms with Crippen LogP contribution in [0.4, 0.5) is 0 Å². The molecular formula is C16H23Cl2STi. The predicted molar refractivity (Wildman–Crippen MR) is 91.3 cm³/mol. The van der Waals surface area contributed by atoms with Gasteiger partial charge in [-0.2, -0.15) is 0 Å². The van der Waals surface area contributed by atoms with Crippen LogP contribution in [0.2, 0.25) is 0 Å². The molecule has 0 amide bonds. The van der Waals surface area contributed by atoms with Crippen LogP contribution in [0.25, 0.3) is 0 Å². The van der Waals surface area contributed by atoms with Gasteiger partial charge in [-0.15, -0.1) is 24.8 Å². The third-order valence-electron chi connectivity index (χ3n) is 3.65. The van der Waals surface area contributed by atoms with E-state index in [-0.39, 0.29) is 35.6 Å². The van der Waals surface area contributed by atoms with Crippen LogP contribution >= 0.6 is 36.2 Å². The van der Waals surface area contributed by atoms with E-state index in [2.05, 4.69) is 78.7 Å². The molecule has 0 saturated carbocycles. The molecule has 4 heteroatoms. The van der Waals surface area contributed by atoms with Gasteiger partial charge in [0.05, 0.1) is 0 Å². The Labute approximate surface area is 151 Å². The Morgan fingerprint density at radius 1 is 1.10 bits per heavy atom. The fourth-order valence-electron chi connectivity index (χ4n) is 2.60. The number of thiophene rings is 1. The summed E-state index contributed by atoms with van der Waals surface area (Å²) in [5.74, 6) is 0. The van der Waals surface area contributed by atoms with Gasteiger partial charge in [0.15, 0.2) is 0 Å². The molecule has 0 spiro atoms. The van der Waals surface area contributed by atoms with E-state index in [1.807, 2.05) is 11.3 Å². The van der Waals surface area contributed by atoms with Crippen molar-refractivity contribution in [1.82, 2.24) is 0 Å². The molecule has 20 heavy (non-hydrogen) atoms. The number of halogens is 2. The molecule has 1 aliphatic carbocycles. The summed E-state index contributed by atoms with van der Waals surface area (Å²) in [5.41, 5.74) is 3.37. The average molecular weight is 366 g/mol. The van der Waals surface area contributed by atoms with E-state index in [0.717, 1.165) is 6.42 Å². The van der Waals surface area contributed by atoms with Crippen LogP contribution in [0, 0.1) is 0 Å². The van der Waals surface area contributed by atoms with Gasteiger partial charge in [-0.25, -0.2) is 0 Å². The summed E-state index contributed by atoms with van der Waals surface area (Å²) < 4.78 is 1.52. The molecule has 0 N–H and O–H groups in total. The minimum atomic E-state index is 0. The van der Waals surface area contributed by atoms with Crippen molar-refractivity contribution in [3.8, 4) is 0 Å². The molecule has 0 nitrogen and oxygen atoms in total. The molecule has 1 aromatic heterocycles. The number of allylic oxidation sites excluding steroid dienone is 4. The van der Waals surface area contributed by atoms with Gasteiger partial charge >= 0.3 is 127 Å². The van der Waals surface area contributed by atoms with Gasteiger partial charge in [-0.3, -0.25) is 0 Å². The second-order valence-corrected chi connectivity index (χ2v) is 8.40. The summed E-state index contributed by atoms with van der Waals surface area (Å²) in [5, 5.41) is 2.24. The topological polar surface area (TPSA) is 0 Å². The van der Waals surface area contributed by atoms with E-state index >= 15 is 0 Å². The maximum Gasteiger partial charge on any atom is -0.147 e. The van der Waals surface area contributed by atoms with E-state index in [1.54, 1.807) is 0 Å².